The van der Waals surface area contributed by atoms with Crippen molar-refractivity contribution >= 4 is 34.5 Å². The maximum atomic E-state index is 13.9. The molecule has 41 heavy (non-hydrogen) atoms. The highest BCUT2D eigenvalue weighted by molar-refractivity contribution is 6.32. The summed E-state index contributed by atoms with van der Waals surface area (Å²) in [5.41, 5.74) is 3.52. The van der Waals surface area contributed by atoms with Gasteiger partial charge in [-0.05, 0) is 53.5 Å². The number of alkyl halides is 3. The Bertz CT molecular complexity index is 1770. The summed E-state index contributed by atoms with van der Waals surface area (Å²) in [5.74, 6) is -0.621. The van der Waals surface area contributed by atoms with Gasteiger partial charge in [0, 0.05) is 28.3 Å². The van der Waals surface area contributed by atoms with Gasteiger partial charge in [0.25, 0.3) is 0 Å². The molecule has 0 aliphatic heterocycles. The second-order valence-corrected chi connectivity index (χ2v) is 9.83. The molecular weight excluding hydrogens is 551 g/mol. The third kappa shape index (κ3) is 6.10. The summed E-state index contributed by atoms with van der Waals surface area (Å²) < 4.78 is 47.7. The predicted molar refractivity (Wildman–Crippen MR) is 155 cm³/mol. The summed E-state index contributed by atoms with van der Waals surface area (Å²) in [6.07, 6.45) is -1.52. The molecule has 0 fully saturated rings. The zero-order chi connectivity index (χ0) is 29.1. The summed E-state index contributed by atoms with van der Waals surface area (Å²) in [5, 5.41) is 9.78. The number of aromatic nitrogens is 1. The number of carboxylic acid groups (broad SMARTS) is 1. The average molecular weight is 574 g/mol. The number of carboxylic acids is 1. The molecule has 1 N–H and O–H groups in total. The number of carbonyl (C=O) groups is 1. The number of halogens is 4. The van der Waals surface area contributed by atoms with Crippen molar-refractivity contribution in [2.45, 2.75) is 19.7 Å². The number of fused-ring (bicyclic) bond motifs is 1. The Balaban J connectivity index is 1.55. The maximum absolute atomic E-state index is 13.9. The third-order valence-electron chi connectivity index (χ3n) is 6.60. The van der Waals surface area contributed by atoms with Crippen LogP contribution in [0, 0.1) is 0 Å². The van der Waals surface area contributed by atoms with Crippen LogP contribution in [0.3, 0.4) is 0 Å². The van der Waals surface area contributed by atoms with E-state index in [2.05, 4.69) is 4.98 Å². The van der Waals surface area contributed by atoms with Crippen molar-refractivity contribution < 1.29 is 27.8 Å². The molecule has 0 atom stereocenters. The highest BCUT2D eigenvalue weighted by Gasteiger charge is 2.33. The van der Waals surface area contributed by atoms with Crippen molar-refractivity contribution in [3.63, 3.8) is 0 Å². The molecule has 0 aliphatic carbocycles. The average Bonchev–Trinajstić information content (AvgIpc) is 2.96. The molecule has 0 aliphatic rings. The van der Waals surface area contributed by atoms with Crippen molar-refractivity contribution in [3.05, 3.63) is 124 Å². The van der Waals surface area contributed by atoms with Crippen LogP contribution in [0.2, 0.25) is 5.02 Å². The lowest BCUT2D eigenvalue weighted by Gasteiger charge is -2.17. The Kier molecular flexibility index (Phi) is 7.81. The van der Waals surface area contributed by atoms with E-state index in [0.29, 0.717) is 32.8 Å². The fourth-order valence-corrected chi connectivity index (χ4v) is 4.72. The molecule has 0 radical (unpaired) electrons. The topological polar surface area (TPSA) is 59.4 Å². The first kappa shape index (κ1) is 27.9. The Morgan fingerprint density at radius 3 is 2.37 bits per heavy atom. The number of aliphatic carboxylic acids is 1. The van der Waals surface area contributed by atoms with Crippen LogP contribution in [-0.4, -0.2) is 16.1 Å². The lowest BCUT2D eigenvalue weighted by molar-refractivity contribution is -0.136. The Morgan fingerprint density at radius 1 is 0.951 bits per heavy atom. The fourth-order valence-electron chi connectivity index (χ4n) is 4.55. The molecule has 8 heteroatoms. The van der Waals surface area contributed by atoms with Crippen LogP contribution < -0.4 is 4.74 Å². The maximum Gasteiger partial charge on any atom is 0.418 e. The Hall–Kier alpha value is -4.62. The molecule has 1 heterocycles. The summed E-state index contributed by atoms with van der Waals surface area (Å²) in [4.78, 5) is 15.3. The minimum atomic E-state index is -4.57. The largest absolute Gasteiger partial charge is 0.487 e. The van der Waals surface area contributed by atoms with Crippen LogP contribution in [0.1, 0.15) is 23.6 Å². The molecule has 0 unspecified atom stereocenters. The Morgan fingerprint density at radius 2 is 1.68 bits per heavy atom. The SMILES string of the molecule is C/C(=C\c1ccc(COc2cc(-c3c(-c4ccccc4)cnc4c(C(F)(F)F)cccc34)ccc2Cl)cc1)C(=O)O. The van der Waals surface area contributed by atoms with Gasteiger partial charge in [-0.3, -0.25) is 4.98 Å². The van der Waals surface area contributed by atoms with Gasteiger partial charge < -0.3 is 9.84 Å². The van der Waals surface area contributed by atoms with E-state index in [1.54, 1.807) is 42.5 Å². The molecule has 0 bridgehead atoms. The van der Waals surface area contributed by atoms with Gasteiger partial charge in [-0.1, -0.05) is 84.4 Å². The van der Waals surface area contributed by atoms with E-state index in [4.69, 9.17) is 21.4 Å². The summed E-state index contributed by atoms with van der Waals surface area (Å²) in [6, 6.07) is 25.7. The first-order valence-corrected chi connectivity index (χ1v) is 13.0. The van der Waals surface area contributed by atoms with Crippen LogP contribution in [0.4, 0.5) is 13.2 Å². The van der Waals surface area contributed by atoms with Crippen LogP contribution in [0.25, 0.3) is 39.2 Å². The van der Waals surface area contributed by atoms with Crippen molar-refractivity contribution in [1.82, 2.24) is 4.98 Å². The van der Waals surface area contributed by atoms with E-state index in [1.807, 2.05) is 42.5 Å². The summed E-state index contributed by atoms with van der Waals surface area (Å²) in [6.45, 7) is 1.69. The molecule has 0 spiro atoms. The minimum absolute atomic E-state index is 0.139. The minimum Gasteiger partial charge on any atom is -0.487 e. The smallest absolute Gasteiger partial charge is 0.418 e. The zero-order valence-electron chi connectivity index (χ0n) is 21.7. The van der Waals surface area contributed by atoms with Gasteiger partial charge in [-0.15, -0.1) is 0 Å². The van der Waals surface area contributed by atoms with Crippen molar-refractivity contribution in [2.24, 2.45) is 0 Å². The van der Waals surface area contributed by atoms with Crippen LogP contribution >= 0.6 is 11.6 Å². The number of benzene rings is 4. The molecule has 5 rings (SSSR count). The van der Waals surface area contributed by atoms with Crippen molar-refractivity contribution in [2.75, 3.05) is 0 Å². The van der Waals surface area contributed by atoms with Gasteiger partial charge in [0.1, 0.15) is 12.4 Å². The van der Waals surface area contributed by atoms with Gasteiger partial charge in [0.05, 0.1) is 16.1 Å². The second kappa shape index (κ2) is 11.5. The van der Waals surface area contributed by atoms with E-state index < -0.39 is 17.7 Å². The molecule has 4 aromatic carbocycles. The highest BCUT2D eigenvalue weighted by atomic mass is 35.5. The quantitative estimate of drug-likeness (QED) is 0.197. The number of nitrogens with zero attached hydrogens (tertiary/aromatic N) is 1. The molecule has 206 valence electrons. The predicted octanol–water partition coefficient (Wildman–Crippen LogP) is 9.31. The lowest BCUT2D eigenvalue weighted by Crippen LogP contribution is -2.07. The molecule has 5 aromatic rings. The standard InChI is InChI=1S/C33H23ClF3NO3/c1-20(32(39)40)16-21-10-12-22(13-11-21)19-41-29-17-24(14-15-28(29)34)30-25-8-5-9-27(33(35,36)37)31(25)38-18-26(30)23-6-3-2-4-7-23/h2-18H,19H2,1H3,(H,39,40)/b20-16+. The monoisotopic (exact) mass is 573 g/mol. The lowest BCUT2D eigenvalue weighted by atomic mass is 9.91. The fraction of sp³-hybridized carbons (Fsp3) is 0.0909. The molecule has 4 nitrogen and oxygen atoms in total. The molecule has 1 aromatic heterocycles. The molecule has 0 saturated carbocycles. The molecule has 0 saturated heterocycles. The Labute approximate surface area is 239 Å². The van der Waals surface area contributed by atoms with Crippen LogP contribution in [0.15, 0.2) is 103 Å². The third-order valence-corrected chi connectivity index (χ3v) is 6.91. The zero-order valence-corrected chi connectivity index (χ0v) is 22.5. The van der Waals surface area contributed by atoms with Crippen LogP contribution in [-0.2, 0) is 17.6 Å². The van der Waals surface area contributed by atoms with E-state index in [1.165, 1.54) is 19.2 Å². The van der Waals surface area contributed by atoms with E-state index in [-0.39, 0.29) is 17.7 Å². The molecule has 0 amide bonds. The highest BCUT2D eigenvalue weighted by Crippen LogP contribution is 2.43. The van der Waals surface area contributed by atoms with Gasteiger partial charge in [-0.2, -0.15) is 13.2 Å². The van der Waals surface area contributed by atoms with Crippen LogP contribution in [0.5, 0.6) is 5.75 Å². The normalized spacial score (nSPS) is 12.0. The molecular formula is C33H23ClF3NO3. The summed E-state index contributed by atoms with van der Waals surface area (Å²) >= 11 is 6.47. The van der Waals surface area contributed by atoms with Gasteiger partial charge in [0.2, 0.25) is 0 Å². The number of ether oxygens (including phenoxy) is 1. The van der Waals surface area contributed by atoms with Gasteiger partial charge in [0.15, 0.2) is 0 Å². The number of pyridine rings is 1. The number of rotatable bonds is 7. The van der Waals surface area contributed by atoms with Gasteiger partial charge in [-0.25, -0.2) is 4.79 Å². The second-order valence-electron chi connectivity index (χ2n) is 9.42. The van der Waals surface area contributed by atoms with Crippen molar-refractivity contribution in [3.8, 4) is 28.0 Å². The summed E-state index contributed by atoms with van der Waals surface area (Å²) in [7, 11) is 0. The first-order chi connectivity index (χ1) is 19.6. The van der Waals surface area contributed by atoms with Crippen molar-refractivity contribution in [1.29, 1.82) is 0 Å². The number of para-hydroxylation sites is 1. The number of hydrogen-bond acceptors (Lipinski definition) is 3. The first-order valence-electron chi connectivity index (χ1n) is 12.6. The number of hydrogen-bond donors (Lipinski definition) is 1. The van der Waals surface area contributed by atoms with E-state index in [0.717, 1.165) is 22.8 Å². The van der Waals surface area contributed by atoms with E-state index in [9.17, 15) is 18.0 Å². The van der Waals surface area contributed by atoms with Gasteiger partial charge >= 0.3 is 12.1 Å². The van der Waals surface area contributed by atoms with E-state index >= 15 is 0 Å².